The first-order valence-electron chi connectivity index (χ1n) is 13.2. The molecule has 1 atom stereocenters. The molecule has 0 unspecified atom stereocenters. The van der Waals surface area contributed by atoms with E-state index in [0.29, 0.717) is 81.7 Å². The first-order chi connectivity index (χ1) is 18.3. The van der Waals surface area contributed by atoms with Crippen LogP contribution in [0, 0.1) is 0 Å². The highest BCUT2D eigenvalue weighted by molar-refractivity contribution is 7.93. The van der Waals surface area contributed by atoms with Gasteiger partial charge in [0.2, 0.25) is 0 Å². The molecule has 3 N–H and O–H groups in total. The van der Waals surface area contributed by atoms with Gasteiger partial charge in [-0.15, -0.1) is 0 Å². The molecule has 0 radical (unpaired) electrons. The molecule has 3 aliphatic rings. The average molecular weight is 546 g/mol. The fourth-order valence-corrected chi connectivity index (χ4v) is 7.68. The summed E-state index contributed by atoms with van der Waals surface area (Å²) >= 11 is 0. The number of aromatic nitrogens is 2. The number of urea groups is 1. The topological polar surface area (TPSA) is 143 Å². The Balaban J connectivity index is 1.49. The van der Waals surface area contributed by atoms with Crippen LogP contribution in [0.5, 0.6) is 0 Å². The lowest BCUT2D eigenvalue weighted by molar-refractivity contribution is 0.0981. The second-order valence-electron chi connectivity index (χ2n) is 10.1. The van der Waals surface area contributed by atoms with Crippen LogP contribution in [0.2, 0.25) is 0 Å². The Morgan fingerprint density at radius 3 is 2.53 bits per heavy atom. The first-order valence-corrected chi connectivity index (χ1v) is 14.7. The Bertz CT molecular complexity index is 1250. The van der Waals surface area contributed by atoms with Gasteiger partial charge in [0.25, 0.3) is 0 Å². The molecule has 11 nitrogen and oxygen atoms in total. The zero-order valence-electron chi connectivity index (χ0n) is 21.6. The SMILES string of the molecule is C[C@H]1COCCN1c1cc(C2(S(=O)(=O)C3CCOCC3)CC2)nc(-c2ccc(NC(=O)NCCO)cc2)n1. The number of carbonyl (C=O) groups excluding carboxylic acids is 1. The van der Waals surface area contributed by atoms with E-state index in [1.807, 2.05) is 6.07 Å². The molecule has 0 spiro atoms. The molecule has 0 bridgehead atoms. The van der Waals surface area contributed by atoms with Crippen molar-refractivity contribution in [2.45, 2.75) is 48.6 Å². The number of ether oxygens (including phenoxy) is 2. The molecule has 2 aromatic rings. The van der Waals surface area contributed by atoms with Crippen molar-refractivity contribution >= 4 is 27.4 Å². The van der Waals surface area contributed by atoms with E-state index in [1.54, 1.807) is 24.3 Å². The Morgan fingerprint density at radius 1 is 1.13 bits per heavy atom. The Kier molecular flexibility index (Phi) is 7.85. The number of carbonyl (C=O) groups is 1. The number of hydrogen-bond donors (Lipinski definition) is 3. The Hall–Kier alpha value is -2.80. The van der Waals surface area contributed by atoms with Crippen LogP contribution in [-0.2, 0) is 24.1 Å². The van der Waals surface area contributed by atoms with Gasteiger partial charge in [-0.05, 0) is 56.9 Å². The van der Waals surface area contributed by atoms with Crippen molar-refractivity contribution in [1.82, 2.24) is 15.3 Å². The summed E-state index contributed by atoms with van der Waals surface area (Å²) < 4.78 is 37.8. The normalized spacial score (nSPS) is 21.6. The van der Waals surface area contributed by atoms with Crippen molar-refractivity contribution in [2.24, 2.45) is 0 Å². The maximum Gasteiger partial charge on any atom is 0.319 e. The predicted molar refractivity (Wildman–Crippen MR) is 143 cm³/mol. The Morgan fingerprint density at radius 2 is 1.87 bits per heavy atom. The molecule has 5 rings (SSSR count). The number of aliphatic hydroxyl groups is 1. The number of nitrogens with zero attached hydrogens (tertiary/aromatic N) is 3. The molecular formula is C26H35N5O6S. The van der Waals surface area contributed by atoms with E-state index >= 15 is 0 Å². The van der Waals surface area contributed by atoms with Gasteiger partial charge in [0, 0.05) is 43.6 Å². The van der Waals surface area contributed by atoms with E-state index in [-0.39, 0.29) is 19.2 Å². The van der Waals surface area contributed by atoms with Gasteiger partial charge >= 0.3 is 6.03 Å². The number of benzene rings is 1. The summed E-state index contributed by atoms with van der Waals surface area (Å²) in [4.78, 5) is 23.8. The molecular weight excluding hydrogens is 510 g/mol. The number of hydrogen-bond acceptors (Lipinski definition) is 9. The Labute approximate surface area is 222 Å². The third kappa shape index (κ3) is 5.35. The van der Waals surface area contributed by atoms with Gasteiger partial charge < -0.3 is 30.1 Å². The second-order valence-corrected chi connectivity index (χ2v) is 12.6. The summed E-state index contributed by atoms with van der Waals surface area (Å²) in [5, 5.41) is 13.7. The van der Waals surface area contributed by atoms with Crippen LogP contribution in [0.15, 0.2) is 30.3 Å². The molecule has 2 saturated heterocycles. The van der Waals surface area contributed by atoms with Crippen LogP contribution < -0.4 is 15.5 Å². The maximum atomic E-state index is 13.9. The highest BCUT2D eigenvalue weighted by Crippen LogP contribution is 2.55. The smallest absolute Gasteiger partial charge is 0.319 e. The number of amides is 2. The van der Waals surface area contributed by atoms with E-state index in [9.17, 15) is 13.2 Å². The van der Waals surface area contributed by atoms with Gasteiger partial charge in [0.15, 0.2) is 15.7 Å². The van der Waals surface area contributed by atoms with Gasteiger partial charge in [-0.25, -0.2) is 23.2 Å². The van der Waals surface area contributed by atoms with Crippen LogP contribution >= 0.6 is 0 Å². The monoisotopic (exact) mass is 545 g/mol. The summed E-state index contributed by atoms with van der Waals surface area (Å²) in [7, 11) is -3.48. The molecule has 206 valence electrons. The molecule has 1 aromatic heterocycles. The van der Waals surface area contributed by atoms with E-state index in [2.05, 4.69) is 22.5 Å². The van der Waals surface area contributed by atoms with Crippen molar-refractivity contribution in [2.75, 3.05) is 56.3 Å². The quantitative estimate of drug-likeness (QED) is 0.454. The number of sulfone groups is 1. The average Bonchev–Trinajstić information content (AvgIpc) is 3.76. The number of aliphatic hydroxyl groups excluding tert-OH is 1. The molecule has 12 heteroatoms. The van der Waals surface area contributed by atoms with Crippen LogP contribution in [0.1, 0.15) is 38.3 Å². The van der Waals surface area contributed by atoms with Crippen molar-refractivity contribution < 1.29 is 27.8 Å². The maximum absolute atomic E-state index is 13.9. The molecule has 3 fully saturated rings. The highest BCUT2D eigenvalue weighted by atomic mass is 32.2. The van der Waals surface area contributed by atoms with Gasteiger partial charge in [-0.2, -0.15) is 0 Å². The fourth-order valence-electron chi connectivity index (χ4n) is 5.16. The van der Waals surface area contributed by atoms with E-state index in [0.717, 1.165) is 5.56 Å². The number of rotatable bonds is 8. The minimum Gasteiger partial charge on any atom is -0.395 e. The third-order valence-corrected chi connectivity index (χ3v) is 10.6. The molecule has 2 aliphatic heterocycles. The van der Waals surface area contributed by atoms with E-state index in [4.69, 9.17) is 24.5 Å². The molecule has 3 heterocycles. The van der Waals surface area contributed by atoms with Crippen molar-refractivity contribution in [3.05, 3.63) is 36.0 Å². The summed E-state index contributed by atoms with van der Waals surface area (Å²) in [6.07, 6.45) is 2.12. The van der Waals surface area contributed by atoms with E-state index in [1.165, 1.54) is 0 Å². The van der Waals surface area contributed by atoms with Gasteiger partial charge in [0.1, 0.15) is 10.6 Å². The minimum atomic E-state index is -3.48. The summed E-state index contributed by atoms with van der Waals surface area (Å²) in [6.45, 7) is 4.80. The van der Waals surface area contributed by atoms with Gasteiger partial charge in [0.05, 0.1) is 36.8 Å². The molecule has 38 heavy (non-hydrogen) atoms. The number of anilines is 2. The summed E-state index contributed by atoms with van der Waals surface area (Å²) in [5.41, 5.74) is 1.84. The van der Waals surface area contributed by atoms with Crippen molar-refractivity contribution in [3.63, 3.8) is 0 Å². The van der Waals surface area contributed by atoms with E-state index < -0.39 is 25.9 Å². The lowest BCUT2D eigenvalue weighted by Crippen LogP contribution is -2.44. The highest BCUT2D eigenvalue weighted by Gasteiger charge is 2.59. The lowest BCUT2D eigenvalue weighted by atomic mass is 10.1. The summed E-state index contributed by atoms with van der Waals surface area (Å²) in [5.74, 6) is 1.14. The standard InChI is InChI=1S/C26H35N5O6S/c1-18-17-37-15-11-31(18)23-16-22(26(8-9-26)38(34,35)21-6-13-36-14-7-21)29-24(30-23)19-2-4-20(5-3-19)28-25(33)27-10-12-32/h2-5,16,18,21,32H,6-15,17H2,1H3,(H2,27,28,33)/t18-/m0/s1. The van der Waals surface area contributed by atoms with Crippen LogP contribution in [0.4, 0.5) is 16.3 Å². The minimum absolute atomic E-state index is 0.0885. The lowest BCUT2D eigenvalue weighted by Gasteiger charge is -2.35. The zero-order chi connectivity index (χ0) is 26.8. The van der Waals surface area contributed by atoms with Crippen molar-refractivity contribution in [3.8, 4) is 11.4 Å². The van der Waals surface area contributed by atoms with Crippen LogP contribution in [0.25, 0.3) is 11.4 Å². The second kappa shape index (κ2) is 11.1. The third-order valence-electron chi connectivity index (χ3n) is 7.50. The summed E-state index contributed by atoms with van der Waals surface area (Å²) in [6, 6.07) is 8.63. The zero-order valence-corrected chi connectivity index (χ0v) is 22.4. The molecule has 1 aliphatic carbocycles. The fraction of sp³-hybridized carbons (Fsp3) is 0.577. The predicted octanol–water partition coefficient (Wildman–Crippen LogP) is 2.07. The molecule has 2 amide bonds. The largest absolute Gasteiger partial charge is 0.395 e. The number of morpholine rings is 1. The van der Waals surface area contributed by atoms with Crippen LogP contribution in [0.3, 0.4) is 0 Å². The van der Waals surface area contributed by atoms with Crippen LogP contribution in [-0.4, -0.2) is 86.9 Å². The molecule has 1 saturated carbocycles. The van der Waals surface area contributed by atoms with Gasteiger partial charge in [-0.3, -0.25) is 0 Å². The number of nitrogens with one attached hydrogen (secondary N) is 2. The van der Waals surface area contributed by atoms with Crippen molar-refractivity contribution in [1.29, 1.82) is 0 Å². The van der Waals surface area contributed by atoms with Gasteiger partial charge in [-0.1, -0.05) is 0 Å². The first kappa shape index (κ1) is 26.8. The molecule has 1 aromatic carbocycles.